The number of nitrogens with zero attached hydrogens (tertiary/aromatic N) is 1. The minimum atomic E-state index is -0.641. The highest BCUT2D eigenvalue weighted by Crippen LogP contribution is 2.42. The van der Waals surface area contributed by atoms with Gasteiger partial charge in [0.2, 0.25) is 0 Å². The summed E-state index contributed by atoms with van der Waals surface area (Å²) in [5.74, 6) is 0.00999. The Bertz CT molecular complexity index is 1850. The second-order valence-corrected chi connectivity index (χ2v) is 13.7. The molecule has 0 bridgehead atoms. The number of hydrogen-bond acceptors (Lipinski definition) is 6. The maximum Gasteiger partial charge on any atom is 0.315 e. The zero-order valence-corrected chi connectivity index (χ0v) is 30.1. The van der Waals surface area contributed by atoms with Crippen LogP contribution >= 0.6 is 0 Å². The van der Waals surface area contributed by atoms with Crippen LogP contribution in [0.3, 0.4) is 0 Å². The summed E-state index contributed by atoms with van der Waals surface area (Å²) in [6.45, 7) is 5.64. The van der Waals surface area contributed by atoms with Crippen molar-refractivity contribution in [2.24, 2.45) is 5.92 Å². The van der Waals surface area contributed by atoms with Gasteiger partial charge in [-0.15, -0.1) is 0 Å². The molecule has 0 aromatic heterocycles. The highest BCUT2D eigenvalue weighted by molar-refractivity contribution is 5.74. The average molecular weight is 700 g/mol. The number of aliphatic hydroxyl groups is 2. The number of nitrogens with one attached hydrogen (secondary N) is 2. The number of amides is 2. The van der Waals surface area contributed by atoms with Gasteiger partial charge in [-0.1, -0.05) is 134 Å². The molecule has 0 unspecified atom stereocenters. The number of aliphatic hydroxyl groups excluding tert-OH is 2. The van der Waals surface area contributed by atoms with E-state index >= 15 is 0 Å². The van der Waals surface area contributed by atoms with Crippen LogP contribution in [0, 0.1) is 5.92 Å². The maximum atomic E-state index is 12.4. The van der Waals surface area contributed by atoms with E-state index in [4.69, 9.17) is 9.47 Å². The van der Waals surface area contributed by atoms with Crippen LogP contribution < -0.4 is 10.6 Å². The highest BCUT2D eigenvalue weighted by Gasteiger charge is 2.39. The lowest BCUT2D eigenvalue weighted by Gasteiger charge is -2.43. The molecular weight excluding hydrogens is 651 g/mol. The Labute approximate surface area is 307 Å². The Kier molecular flexibility index (Phi) is 12.5. The van der Waals surface area contributed by atoms with Gasteiger partial charge in [-0.2, -0.15) is 0 Å². The number of likely N-dealkylation sites (N-methyl/N-ethyl adjacent to an activating group) is 1. The third-order valence-electron chi connectivity index (χ3n) is 10.1. The largest absolute Gasteiger partial charge is 0.392 e. The van der Waals surface area contributed by atoms with Crippen molar-refractivity contribution in [3.63, 3.8) is 0 Å². The van der Waals surface area contributed by atoms with E-state index in [1.807, 2.05) is 123 Å². The van der Waals surface area contributed by atoms with Gasteiger partial charge < -0.3 is 30.3 Å². The number of carbonyl (C=O) groups excluding carboxylic acids is 1. The first kappa shape index (κ1) is 36.9. The molecule has 1 aliphatic heterocycles. The van der Waals surface area contributed by atoms with Crippen molar-refractivity contribution in [1.82, 2.24) is 15.5 Å². The van der Waals surface area contributed by atoms with Crippen LogP contribution in [-0.4, -0.2) is 46.9 Å². The van der Waals surface area contributed by atoms with E-state index in [2.05, 4.69) is 46.7 Å². The zero-order chi connectivity index (χ0) is 36.5. The van der Waals surface area contributed by atoms with Gasteiger partial charge in [0.15, 0.2) is 6.29 Å². The third-order valence-corrected chi connectivity index (χ3v) is 10.1. The molecule has 0 aliphatic carbocycles. The van der Waals surface area contributed by atoms with Crippen molar-refractivity contribution >= 4 is 6.03 Å². The predicted molar refractivity (Wildman–Crippen MR) is 204 cm³/mol. The van der Waals surface area contributed by atoms with Gasteiger partial charge in [-0.05, 0) is 59.0 Å². The van der Waals surface area contributed by atoms with Crippen LogP contribution in [0.2, 0.25) is 0 Å². The van der Waals surface area contributed by atoms with Crippen molar-refractivity contribution in [3.05, 3.63) is 167 Å². The number of carbonyl (C=O) groups is 1. The van der Waals surface area contributed by atoms with Crippen molar-refractivity contribution < 1.29 is 24.5 Å². The van der Waals surface area contributed by atoms with Crippen LogP contribution in [0.4, 0.5) is 4.79 Å². The Morgan fingerprint density at radius 3 is 2.02 bits per heavy atom. The summed E-state index contributed by atoms with van der Waals surface area (Å²) < 4.78 is 13.4. The summed E-state index contributed by atoms with van der Waals surface area (Å²) in [7, 11) is 2.03. The third kappa shape index (κ3) is 9.33. The van der Waals surface area contributed by atoms with E-state index in [0.717, 1.165) is 44.5 Å². The monoisotopic (exact) mass is 699 g/mol. The molecular formula is C44H49N3O5. The second-order valence-electron chi connectivity index (χ2n) is 13.7. The summed E-state index contributed by atoms with van der Waals surface area (Å²) in [4.78, 5) is 14.6. The number of benzene rings is 5. The Balaban J connectivity index is 1.15. The molecule has 0 saturated carbocycles. The quantitative estimate of drug-likeness (QED) is 0.101. The first-order valence-corrected chi connectivity index (χ1v) is 18.0. The van der Waals surface area contributed by atoms with Crippen molar-refractivity contribution in [2.75, 3.05) is 13.6 Å². The number of hydrogen-bond donors (Lipinski definition) is 4. The lowest BCUT2D eigenvalue weighted by atomic mass is 9.89. The maximum absolute atomic E-state index is 12.4. The average Bonchev–Trinajstić information content (AvgIpc) is 3.20. The van der Waals surface area contributed by atoms with Crippen LogP contribution in [0.15, 0.2) is 133 Å². The summed E-state index contributed by atoms with van der Waals surface area (Å²) in [6.07, 6.45) is -1.68. The van der Waals surface area contributed by atoms with Gasteiger partial charge in [-0.25, -0.2) is 4.79 Å². The highest BCUT2D eigenvalue weighted by atomic mass is 16.7. The summed E-state index contributed by atoms with van der Waals surface area (Å²) >= 11 is 0. The summed E-state index contributed by atoms with van der Waals surface area (Å²) in [5, 5.41) is 26.7. The van der Waals surface area contributed by atoms with Crippen LogP contribution in [0.1, 0.15) is 65.7 Å². The molecule has 6 atom stereocenters. The summed E-state index contributed by atoms with van der Waals surface area (Å²) in [5.41, 5.74) is 7.80. The van der Waals surface area contributed by atoms with Crippen molar-refractivity contribution in [2.45, 2.75) is 64.2 Å². The van der Waals surface area contributed by atoms with E-state index in [9.17, 15) is 15.0 Å². The van der Waals surface area contributed by atoms with Gasteiger partial charge in [-0.3, -0.25) is 4.90 Å². The molecule has 8 nitrogen and oxygen atoms in total. The molecule has 5 aromatic rings. The fraction of sp³-hybridized carbons (Fsp3) is 0.295. The van der Waals surface area contributed by atoms with E-state index in [1.165, 1.54) is 0 Å². The van der Waals surface area contributed by atoms with Gasteiger partial charge in [0.1, 0.15) is 0 Å². The first-order chi connectivity index (χ1) is 25.3. The zero-order valence-electron chi connectivity index (χ0n) is 30.1. The molecule has 0 spiro atoms. The number of ether oxygens (including phenoxy) is 2. The van der Waals surface area contributed by atoms with Crippen LogP contribution in [0.5, 0.6) is 0 Å². The molecule has 5 aromatic carbocycles. The lowest BCUT2D eigenvalue weighted by Crippen LogP contribution is -2.46. The minimum Gasteiger partial charge on any atom is -0.392 e. The lowest BCUT2D eigenvalue weighted by molar-refractivity contribution is -0.276. The molecule has 1 aliphatic rings. The molecule has 1 saturated heterocycles. The fourth-order valence-electron chi connectivity index (χ4n) is 6.66. The minimum absolute atomic E-state index is 0.00999. The van der Waals surface area contributed by atoms with E-state index in [1.54, 1.807) is 0 Å². The SMILES string of the molecule is C[C@@H]1[C@H](CN(C)[C@@H](C)[C@H](O)c2ccccc2)O[C@H](c2ccc(-c3cccc(CNC(=O)NCc4ccccc4)c3)cc2)O[C@@H]1c1ccc(CO)cc1. The second kappa shape index (κ2) is 17.6. The molecule has 6 rings (SSSR count). The smallest absolute Gasteiger partial charge is 0.315 e. The molecule has 8 heteroatoms. The molecule has 0 radical (unpaired) electrons. The summed E-state index contributed by atoms with van der Waals surface area (Å²) in [6, 6.07) is 43.5. The first-order valence-electron chi connectivity index (χ1n) is 18.0. The van der Waals surface area contributed by atoms with Gasteiger partial charge in [0, 0.05) is 37.2 Å². The number of rotatable bonds is 13. The Hall–Kier alpha value is -4.83. The molecule has 270 valence electrons. The van der Waals surface area contributed by atoms with Gasteiger partial charge in [0.05, 0.1) is 24.9 Å². The van der Waals surface area contributed by atoms with Gasteiger partial charge in [0.25, 0.3) is 0 Å². The standard InChI is InChI=1S/C44H49N3O5/c1-30-40(28-47(3)31(2)41(49)36-14-8-5-9-15-36)51-43(52-42(30)37-19-17-33(29-48)18-20-37)38-23-21-35(22-24-38)39-16-10-13-34(25-39)27-46-44(50)45-26-32-11-6-4-7-12-32/h4-25,30-31,40-43,48-49H,26-29H2,1-3H3,(H2,45,46,50)/t30-,31+,40+,41+,42+,43+/m1/s1. The van der Waals surface area contributed by atoms with Gasteiger partial charge >= 0.3 is 6.03 Å². The number of urea groups is 1. The van der Waals surface area contributed by atoms with Crippen LogP contribution in [0.25, 0.3) is 11.1 Å². The van der Waals surface area contributed by atoms with E-state index in [0.29, 0.717) is 19.6 Å². The Morgan fingerprint density at radius 1 is 0.731 bits per heavy atom. The van der Waals surface area contributed by atoms with E-state index < -0.39 is 12.4 Å². The van der Waals surface area contributed by atoms with E-state index in [-0.39, 0.29) is 36.8 Å². The molecule has 52 heavy (non-hydrogen) atoms. The normalized spacial score (nSPS) is 19.9. The van der Waals surface area contributed by atoms with Crippen LogP contribution in [-0.2, 0) is 29.2 Å². The molecule has 2 amide bonds. The topological polar surface area (TPSA) is 103 Å². The molecule has 1 heterocycles. The van der Waals surface area contributed by atoms with Crippen molar-refractivity contribution in [3.8, 4) is 11.1 Å². The Morgan fingerprint density at radius 2 is 1.35 bits per heavy atom. The predicted octanol–water partition coefficient (Wildman–Crippen LogP) is 7.69. The van der Waals surface area contributed by atoms with Crippen molar-refractivity contribution in [1.29, 1.82) is 0 Å². The molecule has 1 fully saturated rings. The molecule has 4 N–H and O–H groups in total. The fourth-order valence-corrected chi connectivity index (χ4v) is 6.66.